The van der Waals surface area contributed by atoms with Crippen LogP contribution in [0.2, 0.25) is 0 Å². The van der Waals surface area contributed by atoms with E-state index in [1.807, 2.05) is 13.0 Å². The van der Waals surface area contributed by atoms with Gasteiger partial charge in [-0.1, -0.05) is 25.7 Å². The second-order valence-electron chi connectivity index (χ2n) is 5.58. The number of rotatable bonds is 2. The maximum atomic E-state index is 11.0. The molecule has 1 aromatic rings. The zero-order valence-electron chi connectivity index (χ0n) is 11.8. The fourth-order valence-corrected chi connectivity index (χ4v) is 3.09. The van der Waals surface area contributed by atoms with Crippen LogP contribution in [0.25, 0.3) is 0 Å². The Kier molecular flexibility index (Phi) is 3.96. The Hall–Kier alpha value is -1.02. The van der Waals surface area contributed by atoms with Crippen molar-refractivity contribution in [1.82, 2.24) is 0 Å². The second-order valence-corrected chi connectivity index (χ2v) is 5.58. The maximum Gasteiger partial charge on any atom is 0.122 e. The van der Waals surface area contributed by atoms with Gasteiger partial charge >= 0.3 is 0 Å². The molecule has 0 atom stereocenters. The highest BCUT2D eigenvalue weighted by Crippen LogP contribution is 2.39. The minimum Gasteiger partial charge on any atom is -0.496 e. The lowest BCUT2D eigenvalue weighted by molar-refractivity contribution is 0.0200. The molecular weight excluding hydrogens is 224 g/mol. The van der Waals surface area contributed by atoms with Gasteiger partial charge in [-0.25, -0.2) is 0 Å². The van der Waals surface area contributed by atoms with Crippen LogP contribution in [-0.2, 0) is 5.60 Å². The molecule has 0 bridgehead atoms. The van der Waals surface area contributed by atoms with Gasteiger partial charge in [0, 0.05) is 0 Å². The van der Waals surface area contributed by atoms with Crippen molar-refractivity contribution in [2.24, 2.45) is 0 Å². The van der Waals surface area contributed by atoms with Gasteiger partial charge in [0.1, 0.15) is 5.75 Å². The molecule has 1 aliphatic rings. The molecule has 2 rings (SSSR count). The Bertz CT molecular complexity index is 415. The molecule has 1 fully saturated rings. The lowest BCUT2D eigenvalue weighted by Gasteiger charge is -2.29. The lowest BCUT2D eigenvalue weighted by atomic mass is 9.83. The standard InChI is InChI=1S/C16H24O2/c1-12-11-15(18-3)13(2)10-14(12)16(17)8-6-4-5-7-9-16/h10-11,17H,4-9H2,1-3H3. The first kappa shape index (κ1) is 13.4. The first-order valence-corrected chi connectivity index (χ1v) is 6.95. The van der Waals surface area contributed by atoms with Gasteiger partial charge < -0.3 is 9.84 Å². The third kappa shape index (κ3) is 2.54. The van der Waals surface area contributed by atoms with Gasteiger partial charge in [-0.3, -0.25) is 0 Å². The van der Waals surface area contributed by atoms with E-state index in [1.54, 1.807) is 7.11 Å². The summed E-state index contributed by atoms with van der Waals surface area (Å²) in [4.78, 5) is 0. The average Bonchev–Trinajstić information content (AvgIpc) is 2.57. The van der Waals surface area contributed by atoms with Crippen LogP contribution in [0.5, 0.6) is 5.75 Å². The fourth-order valence-electron chi connectivity index (χ4n) is 3.09. The minimum absolute atomic E-state index is 0.627. The minimum atomic E-state index is -0.627. The Morgan fingerprint density at radius 3 is 2.17 bits per heavy atom. The van der Waals surface area contributed by atoms with Crippen molar-refractivity contribution in [1.29, 1.82) is 0 Å². The zero-order chi connectivity index (χ0) is 13.2. The Balaban J connectivity index is 2.39. The number of methoxy groups -OCH3 is 1. The molecule has 1 aliphatic carbocycles. The fraction of sp³-hybridized carbons (Fsp3) is 0.625. The average molecular weight is 248 g/mol. The highest BCUT2D eigenvalue weighted by Gasteiger charge is 2.31. The number of hydrogen-bond donors (Lipinski definition) is 1. The topological polar surface area (TPSA) is 29.5 Å². The van der Waals surface area contributed by atoms with Crippen LogP contribution in [0.1, 0.15) is 55.2 Å². The molecule has 0 heterocycles. The summed E-state index contributed by atoms with van der Waals surface area (Å²) in [7, 11) is 1.70. The third-order valence-corrected chi connectivity index (χ3v) is 4.17. The third-order valence-electron chi connectivity index (χ3n) is 4.17. The van der Waals surface area contributed by atoms with E-state index in [0.717, 1.165) is 48.1 Å². The monoisotopic (exact) mass is 248 g/mol. The van der Waals surface area contributed by atoms with Crippen LogP contribution in [0.3, 0.4) is 0 Å². The summed E-state index contributed by atoms with van der Waals surface area (Å²) in [5.41, 5.74) is 2.72. The van der Waals surface area contributed by atoms with Gasteiger partial charge in [-0.05, 0) is 55.5 Å². The number of aryl methyl sites for hydroxylation is 2. The molecule has 0 aromatic heterocycles. The summed E-state index contributed by atoms with van der Waals surface area (Å²) < 4.78 is 5.34. The van der Waals surface area contributed by atoms with E-state index in [2.05, 4.69) is 13.0 Å². The summed E-state index contributed by atoms with van der Waals surface area (Å²) in [6.45, 7) is 4.11. The molecule has 0 saturated heterocycles. The summed E-state index contributed by atoms with van der Waals surface area (Å²) in [5.74, 6) is 0.911. The molecule has 0 unspecified atom stereocenters. The van der Waals surface area contributed by atoms with Crippen molar-refractivity contribution in [3.05, 3.63) is 28.8 Å². The van der Waals surface area contributed by atoms with Crippen molar-refractivity contribution in [3.8, 4) is 5.75 Å². The smallest absolute Gasteiger partial charge is 0.122 e. The number of hydrogen-bond acceptors (Lipinski definition) is 2. The summed E-state index contributed by atoms with van der Waals surface area (Å²) in [5, 5.41) is 11.0. The molecule has 2 nitrogen and oxygen atoms in total. The van der Waals surface area contributed by atoms with E-state index in [0.29, 0.717) is 0 Å². The molecular formula is C16H24O2. The van der Waals surface area contributed by atoms with Gasteiger partial charge in [0.2, 0.25) is 0 Å². The number of ether oxygens (including phenoxy) is 1. The largest absolute Gasteiger partial charge is 0.496 e. The van der Waals surface area contributed by atoms with E-state index < -0.39 is 5.60 Å². The van der Waals surface area contributed by atoms with Crippen molar-refractivity contribution in [2.45, 2.75) is 58.0 Å². The predicted octanol–water partition coefficient (Wildman–Crippen LogP) is 3.85. The molecule has 0 radical (unpaired) electrons. The molecule has 0 spiro atoms. The normalized spacial score (nSPS) is 19.3. The Labute approximate surface area is 110 Å². The first-order valence-electron chi connectivity index (χ1n) is 6.95. The molecule has 0 amide bonds. The molecule has 1 aromatic carbocycles. The van der Waals surface area contributed by atoms with Crippen LogP contribution in [0.4, 0.5) is 0 Å². The van der Waals surface area contributed by atoms with Gasteiger partial charge in [-0.15, -0.1) is 0 Å². The molecule has 18 heavy (non-hydrogen) atoms. The van der Waals surface area contributed by atoms with E-state index in [1.165, 1.54) is 12.8 Å². The lowest BCUT2D eigenvalue weighted by Crippen LogP contribution is -2.26. The van der Waals surface area contributed by atoms with E-state index in [4.69, 9.17) is 4.74 Å². The second kappa shape index (κ2) is 5.31. The van der Waals surface area contributed by atoms with Crippen molar-refractivity contribution >= 4 is 0 Å². The predicted molar refractivity (Wildman–Crippen MR) is 74.1 cm³/mol. The molecule has 0 aliphatic heterocycles. The van der Waals surface area contributed by atoms with Crippen LogP contribution in [-0.4, -0.2) is 12.2 Å². The van der Waals surface area contributed by atoms with Gasteiger partial charge in [0.25, 0.3) is 0 Å². The van der Waals surface area contributed by atoms with Crippen LogP contribution >= 0.6 is 0 Å². The van der Waals surface area contributed by atoms with E-state index >= 15 is 0 Å². The number of aliphatic hydroxyl groups is 1. The summed E-state index contributed by atoms with van der Waals surface area (Å²) >= 11 is 0. The van der Waals surface area contributed by atoms with Crippen molar-refractivity contribution < 1.29 is 9.84 Å². The molecule has 1 N–H and O–H groups in total. The van der Waals surface area contributed by atoms with Crippen LogP contribution < -0.4 is 4.74 Å². The SMILES string of the molecule is COc1cc(C)c(C2(O)CCCCCC2)cc1C. The molecule has 100 valence electrons. The highest BCUT2D eigenvalue weighted by atomic mass is 16.5. The van der Waals surface area contributed by atoms with Gasteiger partial charge in [0.15, 0.2) is 0 Å². The van der Waals surface area contributed by atoms with E-state index in [9.17, 15) is 5.11 Å². The van der Waals surface area contributed by atoms with Crippen LogP contribution in [0, 0.1) is 13.8 Å². The maximum absolute atomic E-state index is 11.0. The number of benzene rings is 1. The van der Waals surface area contributed by atoms with Crippen LogP contribution in [0.15, 0.2) is 12.1 Å². The van der Waals surface area contributed by atoms with Crippen molar-refractivity contribution in [2.75, 3.05) is 7.11 Å². The van der Waals surface area contributed by atoms with Crippen molar-refractivity contribution in [3.63, 3.8) is 0 Å². The van der Waals surface area contributed by atoms with E-state index in [-0.39, 0.29) is 0 Å². The Morgan fingerprint density at radius 1 is 1.00 bits per heavy atom. The summed E-state index contributed by atoms with van der Waals surface area (Å²) in [6, 6.07) is 4.16. The summed E-state index contributed by atoms with van der Waals surface area (Å²) in [6.07, 6.45) is 6.52. The van der Waals surface area contributed by atoms with Gasteiger partial charge in [0.05, 0.1) is 12.7 Å². The van der Waals surface area contributed by atoms with Gasteiger partial charge in [-0.2, -0.15) is 0 Å². The zero-order valence-corrected chi connectivity index (χ0v) is 11.8. The quantitative estimate of drug-likeness (QED) is 0.805. The first-order chi connectivity index (χ1) is 8.57. The Morgan fingerprint density at radius 2 is 1.61 bits per heavy atom. The molecule has 2 heteroatoms. The highest BCUT2D eigenvalue weighted by molar-refractivity contribution is 5.44. The molecule has 1 saturated carbocycles.